The Morgan fingerprint density at radius 3 is 2.44 bits per heavy atom. The highest BCUT2D eigenvalue weighted by atomic mass is 32.1. The van der Waals surface area contributed by atoms with E-state index in [1.807, 2.05) is 6.92 Å². The van der Waals surface area contributed by atoms with Gasteiger partial charge < -0.3 is 15.4 Å². The van der Waals surface area contributed by atoms with Crippen LogP contribution in [-0.4, -0.2) is 42.1 Å². The number of carbonyl (C=O) groups excluding carboxylic acids is 1. The van der Waals surface area contributed by atoms with E-state index in [-0.39, 0.29) is 18.6 Å². The number of thiocarbonyl (C=S) groups is 1. The molecule has 0 saturated carbocycles. The summed E-state index contributed by atoms with van der Waals surface area (Å²) in [5.74, 6) is 0.374. The Hall–Kier alpha value is -0.680. The highest BCUT2D eigenvalue weighted by Crippen LogP contribution is 2.05. The van der Waals surface area contributed by atoms with Crippen LogP contribution in [0.4, 0.5) is 0 Å². The summed E-state index contributed by atoms with van der Waals surface area (Å²) in [5, 5.41) is 0. The molecule has 4 nitrogen and oxygen atoms in total. The first-order valence-corrected chi connectivity index (χ1v) is 5.89. The van der Waals surface area contributed by atoms with Gasteiger partial charge in [-0.25, -0.2) is 0 Å². The predicted octanol–water partition coefficient (Wildman–Crippen LogP) is 1.18. The van der Waals surface area contributed by atoms with Crippen molar-refractivity contribution in [3.8, 4) is 0 Å². The Labute approximate surface area is 103 Å². The molecule has 1 atom stereocenters. The Morgan fingerprint density at radius 2 is 2.00 bits per heavy atom. The summed E-state index contributed by atoms with van der Waals surface area (Å²) in [4.78, 5) is 13.6. The second-order valence-electron chi connectivity index (χ2n) is 4.29. The van der Waals surface area contributed by atoms with Crippen LogP contribution in [0.15, 0.2) is 0 Å². The topological polar surface area (TPSA) is 55.6 Å². The van der Waals surface area contributed by atoms with Crippen LogP contribution in [0.5, 0.6) is 0 Å². The van der Waals surface area contributed by atoms with Crippen LogP contribution < -0.4 is 5.73 Å². The molecule has 0 aromatic carbocycles. The molecule has 94 valence electrons. The third kappa shape index (κ3) is 6.74. The van der Waals surface area contributed by atoms with E-state index in [0.29, 0.717) is 23.9 Å². The lowest BCUT2D eigenvalue weighted by Gasteiger charge is -2.20. The standard InChI is InChI=1S/C11H22N2O2S/c1-8(2)9(3)15-7-11(14)13(4)6-5-10(12)16/h8-9H,5-7H2,1-4H3,(H2,12,16). The van der Waals surface area contributed by atoms with Crippen LogP contribution in [0.1, 0.15) is 27.2 Å². The van der Waals surface area contributed by atoms with Crippen molar-refractivity contribution in [1.29, 1.82) is 0 Å². The maximum absolute atomic E-state index is 11.6. The summed E-state index contributed by atoms with van der Waals surface area (Å²) < 4.78 is 5.44. The zero-order chi connectivity index (χ0) is 12.7. The summed E-state index contributed by atoms with van der Waals surface area (Å²) in [6, 6.07) is 0. The van der Waals surface area contributed by atoms with Crippen LogP contribution >= 0.6 is 12.2 Å². The predicted molar refractivity (Wildman–Crippen MR) is 69.3 cm³/mol. The van der Waals surface area contributed by atoms with E-state index < -0.39 is 0 Å². The van der Waals surface area contributed by atoms with Gasteiger partial charge in [0, 0.05) is 20.0 Å². The quantitative estimate of drug-likeness (QED) is 0.685. The zero-order valence-electron chi connectivity index (χ0n) is 10.5. The molecule has 0 aliphatic heterocycles. The van der Waals surface area contributed by atoms with Crippen molar-refractivity contribution in [2.24, 2.45) is 11.7 Å². The molecule has 0 spiro atoms. The van der Waals surface area contributed by atoms with Gasteiger partial charge in [-0.1, -0.05) is 26.1 Å². The maximum atomic E-state index is 11.6. The van der Waals surface area contributed by atoms with Crippen molar-refractivity contribution >= 4 is 23.1 Å². The molecule has 0 aliphatic carbocycles. The van der Waals surface area contributed by atoms with Crippen LogP contribution in [0.2, 0.25) is 0 Å². The second kappa shape index (κ2) is 7.57. The summed E-state index contributed by atoms with van der Waals surface area (Å²) in [5.41, 5.74) is 5.37. The number of carbonyl (C=O) groups is 1. The molecular weight excluding hydrogens is 224 g/mol. The Balaban J connectivity index is 3.83. The first-order valence-electron chi connectivity index (χ1n) is 5.48. The number of likely N-dealkylation sites (N-methyl/N-ethyl adjacent to an activating group) is 1. The molecule has 0 aromatic rings. The highest BCUT2D eigenvalue weighted by Gasteiger charge is 2.13. The molecule has 5 heteroatoms. The third-order valence-electron chi connectivity index (χ3n) is 2.53. The van der Waals surface area contributed by atoms with Crippen LogP contribution in [0.25, 0.3) is 0 Å². The normalized spacial score (nSPS) is 12.6. The fourth-order valence-corrected chi connectivity index (χ4v) is 0.999. The molecule has 0 heterocycles. The molecular formula is C11H22N2O2S. The van der Waals surface area contributed by atoms with Gasteiger partial charge in [0.25, 0.3) is 0 Å². The molecule has 0 fully saturated rings. The van der Waals surface area contributed by atoms with Crippen molar-refractivity contribution in [3.63, 3.8) is 0 Å². The molecule has 0 aliphatic rings. The maximum Gasteiger partial charge on any atom is 0.248 e. The summed E-state index contributed by atoms with van der Waals surface area (Å²) in [7, 11) is 1.73. The number of amides is 1. The molecule has 0 saturated heterocycles. The number of rotatable bonds is 7. The van der Waals surface area contributed by atoms with Gasteiger partial charge in [0.15, 0.2) is 0 Å². The molecule has 2 N–H and O–H groups in total. The molecule has 1 unspecified atom stereocenters. The van der Waals surface area contributed by atoms with Crippen molar-refractivity contribution < 1.29 is 9.53 Å². The molecule has 1 amide bonds. The molecule has 0 aromatic heterocycles. The minimum Gasteiger partial charge on any atom is -0.393 e. The number of hydrogen-bond acceptors (Lipinski definition) is 3. The SMILES string of the molecule is CC(C)C(C)OCC(=O)N(C)CCC(N)=S. The van der Waals surface area contributed by atoms with E-state index >= 15 is 0 Å². The Kier molecular flexibility index (Phi) is 7.25. The minimum atomic E-state index is -0.0382. The van der Waals surface area contributed by atoms with Gasteiger partial charge in [-0.05, 0) is 12.8 Å². The van der Waals surface area contributed by atoms with Crippen LogP contribution in [0, 0.1) is 5.92 Å². The van der Waals surface area contributed by atoms with E-state index in [9.17, 15) is 4.79 Å². The largest absolute Gasteiger partial charge is 0.393 e. The summed E-state index contributed by atoms with van der Waals surface area (Å²) in [6.45, 7) is 6.76. The molecule has 0 radical (unpaired) electrons. The second-order valence-corrected chi connectivity index (χ2v) is 4.82. The van der Waals surface area contributed by atoms with E-state index in [1.54, 1.807) is 11.9 Å². The monoisotopic (exact) mass is 246 g/mol. The Bertz CT molecular complexity index is 244. The van der Waals surface area contributed by atoms with Crippen molar-refractivity contribution in [2.75, 3.05) is 20.2 Å². The lowest BCUT2D eigenvalue weighted by atomic mass is 10.1. The van der Waals surface area contributed by atoms with Crippen molar-refractivity contribution in [3.05, 3.63) is 0 Å². The van der Waals surface area contributed by atoms with Gasteiger partial charge >= 0.3 is 0 Å². The van der Waals surface area contributed by atoms with Gasteiger partial charge in [0.05, 0.1) is 11.1 Å². The van der Waals surface area contributed by atoms with Gasteiger partial charge in [-0.15, -0.1) is 0 Å². The van der Waals surface area contributed by atoms with Crippen molar-refractivity contribution in [2.45, 2.75) is 33.3 Å². The fraction of sp³-hybridized carbons (Fsp3) is 0.818. The fourth-order valence-electron chi connectivity index (χ4n) is 0.908. The molecule has 0 bridgehead atoms. The van der Waals surface area contributed by atoms with E-state index in [2.05, 4.69) is 13.8 Å². The van der Waals surface area contributed by atoms with Gasteiger partial charge in [0.1, 0.15) is 6.61 Å². The first-order chi connectivity index (χ1) is 7.34. The van der Waals surface area contributed by atoms with Gasteiger partial charge in [-0.3, -0.25) is 4.79 Å². The number of nitrogens with zero attached hydrogens (tertiary/aromatic N) is 1. The summed E-state index contributed by atoms with van der Waals surface area (Å²) >= 11 is 4.75. The number of ether oxygens (including phenoxy) is 1. The number of nitrogens with two attached hydrogens (primary N) is 1. The minimum absolute atomic E-state index is 0.0382. The van der Waals surface area contributed by atoms with Crippen LogP contribution in [0.3, 0.4) is 0 Å². The van der Waals surface area contributed by atoms with Gasteiger partial charge in [0.2, 0.25) is 5.91 Å². The number of hydrogen-bond donors (Lipinski definition) is 1. The van der Waals surface area contributed by atoms with E-state index in [4.69, 9.17) is 22.7 Å². The average Bonchev–Trinajstić information content (AvgIpc) is 2.21. The van der Waals surface area contributed by atoms with E-state index in [0.717, 1.165) is 0 Å². The molecule has 0 rings (SSSR count). The Morgan fingerprint density at radius 1 is 1.44 bits per heavy atom. The zero-order valence-corrected chi connectivity index (χ0v) is 11.3. The third-order valence-corrected chi connectivity index (χ3v) is 2.73. The average molecular weight is 246 g/mol. The molecule has 16 heavy (non-hydrogen) atoms. The van der Waals surface area contributed by atoms with Crippen molar-refractivity contribution in [1.82, 2.24) is 4.90 Å². The lowest BCUT2D eigenvalue weighted by molar-refractivity contribution is -0.137. The van der Waals surface area contributed by atoms with Gasteiger partial charge in [-0.2, -0.15) is 0 Å². The smallest absolute Gasteiger partial charge is 0.248 e. The summed E-state index contributed by atoms with van der Waals surface area (Å²) in [6.07, 6.45) is 0.644. The first kappa shape index (κ1) is 15.3. The highest BCUT2D eigenvalue weighted by molar-refractivity contribution is 7.80. The lowest BCUT2D eigenvalue weighted by Crippen LogP contribution is -2.34. The van der Waals surface area contributed by atoms with Crippen LogP contribution in [-0.2, 0) is 9.53 Å². The van der Waals surface area contributed by atoms with E-state index in [1.165, 1.54) is 0 Å².